The fraction of sp³-hybridized carbons (Fsp3) is 0.448. The largest absolute Gasteiger partial charge is 0.373 e. The predicted octanol–water partition coefficient (Wildman–Crippen LogP) is 6.92. The molecule has 3 aromatic rings. The maximum atomic E-state index is 15.1. The summed E-state index contributed by atoms with van der Waals surface area (Å²) in [4.78, 5) is 0. The highest BCUT2D eigenvalue weighted by atomic mass is 19.2. The van der Waals surface area contributed by atoms with Crippen LogP contribution in [-0.4, -0.2) is 32.2 Å². The van der Waals surface area contributed by atoms with Crippen LogP contribution >= 0.6 is 0 Å². The molecule has 1 saturated heterocycles. The Kier molecular flexibility index (Phi) is 9.18. The molecule has 0 radical (unpaired) electrons. The molecule has 4 rings (SSSR count). The van der Waals surface area contributed by atoms with Crippen LogP contribution in [0.25, 0.3) is 10.8 Å². The lowest BCUT2D eigenvalue weighted by Crippen LogP contribution is -2.37. The van der Waals surface area contributed by atoms with Gasteiger partial charge in [0.25, 0.3) is 0 Å². The monoisotopic (exact) mass is 486 g/mol. The van der Waals surface area contributed by atoms with E-state index in [4.69, 9.17) is 14.2 Å². The molecule has 188 valence electrons. The van der Waals surface area contributed by atoms with Gasteiger partial charge in [-0.25, -0.2) is 13.2 Å². The number of halogens is 3. The lowest BCUT2D eigenvalue weighted by molar-refractivity contribution is -0.227. The minimum Gasteiger partial charge on any atom is -0.373 e. The number of aryl methyl sites for hydroxylation is 3. The van der Waals surface area contributed by atoms with E-state index in [2.05, 4.69) is 6.92 Å². The molecule has 1 aliphatic rings. The maximum absolute atomic E-state index is 15.1. The number of unbranched alkanes of at least 4 members (excludes halogenated alkanes) is 2. The molecular formula is C29H33F3O3. The zero-order valence-corrected chi connectivity index (χ0v) is 20.2. The number of ether oxygens (including phenoxy) is 3. The minimum absolute atomic E-state index is 0.00280. The first kappa shape index (κ1) is 25.7. The van der Waals surface area contributed by atoms with E-state index in [-0.39, 0.29) is 18.2 Å². The molecule has 0 spiro atoms. The van der Waals surface area contributed by atoms with Gasteiger partial charge in [-0.1, -0.05) is 56.2 Å². The first-order valence-electron chi connectivity index (χ1n) is 12.5. The molecule has 35 heavy (non-hydrogen) atoms. The normalized spacial score (nSPS) is 18.3. The van der Waals surface area contributed by atoms with E-state index in [1.165, 1.54) is 25.0 Å². The second kappa shape index (κ2) is 12.5. The van der Waals surface area contributed by atoms with Gasteiger partial charge in [0.2, 0.25) is 0 Å². The summed E-state index contributed by atoms with van der Waals surface area (Å²) in [5.41, 5.74) is 2.29. The highest BCUT2D eigenvalue weighted by molar-refractivity contribution is 5.84. The summed E-state index contributed by atoms with van der Waals surface area (Å²) in [5, 5.41) is 1.40. The Bertz CT molecular complexity index is 1110. The highest BCUT2D eigenvalue weighted by Crippen LogP contribution is 2.25. The van der Waals surface area contributed by atoms with Gasteiger partial charge in [-0.15, -0.1) is 0 Å². The van der Waals surface area contributed by atoms with Gasteiger partial charge in [0, 0.05) is 18.4 Å². The Morgan fingerprint density at radius 1 is 0.829 bits per heavy atom. The van der Waals surface area contributed by atoms with Crippen molar-refractivity contribution in [3.63, 3.8) is 0 Å². The molecule has 3 nitrogen and oxygen atoms in total. The Balaban J connectivity index is 1.28. The van der Waals surface area contributed by atoms with Crippen molar-refractivity contribution in [3.05, 3.63) is 82.7 Å². The van der Waals surface area contributed by atoms with Crippen LogP contribution in [0.2, 0.25) is 0 Å². The molecule has 0 atom stereocenters. The molecular weight excluding hydrogens is 453 g/mol. The molecule has 6 heteroatoms. The number of hydrogen-bond acceptors (Lipinski definition) is 3. The summed E-state index contributed by atoms with van der Waals surface area (Å²) in [6.45, 7) is 4.01. The van der Waals surface area contributed by atoms with Gasteiger partial charge in [-0.2, -0.15) is 0 Å². The first-order valence-corrected chi connectivity index (χ1v) is 12.5. The van der Waals surface area contributed by atoms with Crippen molar-refractivity contribution in [1.82, 2.24) is 0 Å². The Morgan fingerprint density at radius 2 is 1.60 bits per heavy atom. The first-order chi connectivity index (χ1) is 17.0. The van der Waals surface area contributed by atoms with E-state index < -0.39 is 11.6 Å². The Morgan fingerprint density at radius 3 is 2.37 bits per heavy atom. The molecule has 0 amide bonds. The van der Waals surface area contributed by atoms with Crippen LogP contribution in [-0.2, 0) is 33.5 Å². The Labute approximate surface area is 205 Å². The lowest BCUT2D eigenvalue weighted by Gasteiger charge is -2.29. The average Bonchev–Trinajstić information content (AvgIpc) is 2.87. The van der Waals surface area contributed by atoms with E-state index in [0.717, 1.165) is 42.9 Å². The summed E-state index contributed by atoms with van der Waals surface area (Å²) in [6.07, 6.45) is 5.49. The molecule has 1 aliphatic heterocycles. The molecule has 3 aromatic carbocycles. The van der Waals surface area contributed by atoms with Crippen LogP contribution in [0.3, 0.4) is 0 Å². The molecule has 1 fully saturated rings. The van der Waals surface area contributed by atoms with Crippen LogP contribution in [0.5, 0.6) is 0 Å². The number of benzene rings is 3. The van der Waals surface area contributed by atoms with Crippen molar-refractivity contribution in [2.75, 3.05) is 19.8 Å². The van der Waals surface area contributed by atoms with Crippen molar-refractivity contribution in [2.24, 2.45) is 0 Å². The quantitative estimate of drug-likeness (QED) is 0.275. The van der Waals surface area contributed by atoms with E-state index in [1.807, 2.05) is 24.3 Å². The van der Waals surface area contributed by atoms with Gasteiger partial charge in [0.15, 0.2) is 17.9 Å². The average molecular weight is 487 g/mol. The lowest BCUT2D eigenvalue weighted by atomic mass is 9.98. The third-order valence-electron chi connectivity index (χ3n) is 6.47. The van der Waals surface area contributed by atoms with Gasteiger partial charge in [0.05, 0.1) is 13.2 Å². The summed E-state index contributed by atoms with van der Waals surface area (Å²) < 4.78 is 59.1. The molecule has 0 saturated carbocycles. The molecule has 0 aromatic heterocycles. The fourth-order valence-electron chi connectivity index (χ4n) is 4.38. The second-order valence-electron chi connectivity index (χ2n) is 9.18. The molecule has 0 unspecified atom stereocenters. The summed E-state index contributed by atoms with van der Waals surface area (Å²) in [6, 6.07) is 13.2. The van der Waals surface area contributed by atoms with E-state index >= 15 is 4.39 Å². The summed E-state index contributed by atoms with van der Waals surface area (Å²) in [7, 11) is 0. The fourth-order valence-corrected chi connectivity index (χ4v) is 4.38. The Hall–Kier alpha value is -2.41. The topological polar surface area (TPSA) is 27.7 Å². The van der Waals surface area contributed by atoms with Crippen LogP contribution in [0.4, 0.5) is 13.2 Å². The van der Waals surface area contributed by atoms with E-state index in [9.17, 15) is 8.78 Å². The van der Waals surface area contributed by atoms with E-state index in [1.54, 1.807) is 6.07 Å². The van der Waals surface area contributed by atoms with Crippen molar-refractivity contribution in [3.8, 4) is 0 Å². The zero-order valence-electron chi connectivity index (χ0n) is 20.2. The van der Waals surface area contributed by atoms with Crippen molar-refractivity contribution in [2.45, 2.75) is 64.3 Å². The van der Waals surface area contributed by atoms with E-state index in [0.29, 0.717) is 42.6 Å². The number of fused-ring (bicyclic) bond motifs is 1. The molecule has 0 bridgehead atoms. The predicted molar refractivity (Wildman–Crippen MR) is 131 cm³/mol. The van der Waals surface area contributed by atoms with Gasteiger partial charge in [-0.3, -0.25) is 0 Å². The van der Waals surface area contributed by atoms with Crippen molar-refractivity contribution in [1.29, 1.82) is 0 Å². The smallest absolute Gasteiger partial charge is 0.159 e. The minimum atomic E-state index is -0.881. The molecule has 0 N–H and O–H groups in total. The van der Waals surface area contributed by atoms with Crippen LogP contribution in [0.15, 0.2) is 48.5 Å². The second-order valence-corrected chi connectivity index (χ2v) is 9.18. The molecule has 1 heterocycles. The van der Waals surface area contributed by atoms with Crippen molar-refractivity contribution >= 4 is 10.8 Å². The van der Waals surface area contributed by atoms with Crippen LogP contribution in [0.1, 0.15) is 49.3 Å². The van der Waals surface area contributed by atoms with Gasteiger partial charge >= 0.3 is 0 Å². The third-order valence-corrected chi connectivity index (χ3v) is 6.47. The van der Waals surface area contributed by atoms with Gasteiger partial charge in [0.1, 0.15) is 11.9 Å². The maximum Gasteiger partial charge on any atom is 0.159 e. The van der Waals surface area contributed by atoms with Crippen LogP contribution < -0.4 is 0 Å². The van der Waals surface area contributed by atoms with Crippen LogP contribution in [0, 0.1) is 17.5 Å². The van der Waals surface area contributed by atoms with Crippen molar-refractivity contribution < 1.29 is 27.4 Å². The van der Waals surface area contributed by atoms with Gasteiger partial charge < -0.3 is 14.2 Å². The summed E-state index contributed by atoms with van der Waals surface area (Å²) in [5.74, 6) is -2.02. The highest BCUT2D eigenvalue weighted by Gasteiger charge is 2.22. The number of rotatable bonds is 11. The standard InChI is InChI=1S/C29H33F3O3/c1-2-3-4-15-33-24-18-34-28(35-19-24)14-8-20-6-12-25-23(16-20)11-10-22(29(25)32)9-5-21-7-13-26(30)27(31)17-21/h6-7,10-13,16-17,24,28H,2-5,8-9,14-15,18-19H2,1H3. The van der Waals surface area contributed by atoms with Gasteiger partial charge in [-0.05, 0) is 59.9 Å². The molecule has 0 aliphatic carbocycles. The SMILES string of the molecule is CCCCCOC1COC(CCc2ccc3c(F)c(CCc4ccc(F)c(F)c4)ccc3c2)OC1. The third kappa shape index (κ3) is 7.06. The summed E-state index contributed by atoms with van der Waals surface area (Å²) >= 11 is 0. The number of hydrogen-bond donors (Lipinski definition) is 0. The zero-order chi connectivity index (χ0) is 24.6.